The average Bonchev–Trinajstić information content (AvgIpc) is 3.84. The number of pyridine rings is 2. The highest BCUT2D eigenvalue weighted by molar-refractivity contribution is 6.62. The van der Waals surface area contributed by atoms with Crippen LogP contribution in [0.5, 0.6) is 11.5 Å². The molecule has 6 N–H and O–H groups in total. The standard InChI is InChI=1S/C26H24FN5O3.C19H16ClFN4O2.C13H20BNO3/c1-15-12-18(14-32(2)26(15)34)22-21(16-8-10-19(27)11-9-16)31-24(28)23(30-22)25(33)29-13-17-6-4-5-7-20(17)35-3;1-27-14-5-3-2-4-12(14)10-23-19(26)16-18(22)25-15(17(20)24-16)11-6-8-13(21)9-7-11;1-9-7-10(8-15(6)11(9)16)14-17-12(2,3)13(4,5)18-14/h4-12,14H,13H2,1-3H3,(H2,28,31)(H,29,33);2-9H,10H2,1H3,(H2,22,25)(H,23,26);7-8H,1-6H3. The number of hydrogen-bond donors (Lipinski definition) is 4. The predicted molar refractivity (Wildman–Crippen MR) is 305 cm³/mol. The number of rotatable bonds is 12. The number of nitrogens with two attached hydrogens (primary N) is 2. The van der Waals surface area contributed by atoms with Gasteiger partial charge in [0.15, 0.2) is 28.2 Å². The fraction of sp³-hybridized carbons (Fsp3) is 0.241. The molecule has 18 nitrogen and oxygen atoms in total. The molecule has 9 rings (SSSR count). The number of nitrogens with zero attached hydrogens (tertiary/aromatic N) is 6. The molecule has 1 aliphatic heterocycles. The highest BCUT2D eigenvalue weighted by Gasteiger charge is 2.52. The molecule has 0 atom stereocenters. The Morgan fingerprint density at radius 2 is 1.02 bits per heavy atom. The lowest BCUT2D eigenvalue weighted by atomic mass is 9.80. The van der Waals surface area contributed by atoms with Gasteiger partial charge in [0.2, 0.25) is 0 Å². The normalized spacial score (nSPS) is 13.0. The van der Waals surface area contributed by atoms with E-state index in [1.165, 1.54) is 41.0 Å². The minimum absolute atomic E-state index is 0.00162. The van der Waals surface area contributed by atoms with Gasteiger partial charge in [0.05, 0.1) is 36.8 Å². The minimum Gasteiger partial charge on any atom is -0.496 e. The second-order valence-corrected chi connectivity index (χ2v) is 19.9. The van der Waals surface area contributed by atoms with Gasteiger partial charge in [0, 0.05) is 78.5 Å². The van der Waals surface area contributed by atoms with Crippen molar-refractivity contribution in [2.45, 2.75) is 65.8 Å². The highest BCUT2D eigenvalue weighted by Crippen LogP contribution is 2.37. The van der Waals surface area contributed by atoms with Crippen molar-refractivity contribution in [3.8, 4) is 45.3 Å². The number of carbonyl (C=O) groups excluding carboxylic acids is 2. The summed E-state index contributed by atoms with van der Waals surface area (Å²) in [4.78, 5) is 66.7. The highest BCUT2D eigenvalue weighted by atomic mass is 35.5. The van der Waals surface area contributed by atoms with Crippen molar-refractivity contribution in [3.05, 3.63) is 193 Å². The SMILES string of the molecule is COc1ccccc1CNC(=O)c1nc(-c2cc(C)c(=O)n(C)c2)c(-c2ccc(F)cc2)nc1N.COc1ccccc1CNC(=O)c1nc(Cl)c(-c2ccc(F)cc2)nc1N.Cc1cc(B2OC(C)(C)C(C)(C)O2)cn(C)c1=O. The largest absolute Gasteiger partial charge is 0.496 e. The van der Waals surface area contributed by atoms with E-state index in [-0.39, 0.29) is 75.1 Å². The average molecular weight is 1110 g/mol. The van der Waals surface area contributed by atoms with Crippen LogP contribution in [0.15, 0.2) is 131 Å². The number of halogens is 3. The summed E-state index contributed by atoms with van der Waals surface area (Å²) in [6.07, 6.45) is 3.39. The number of amides is 2. The van der Waals surface area contributed by atoms with Crippen molar-refractivity contribution in [3.63, 3.8) is 0 Å². The molecule has 0 bridgehead atoms. The Balaban J connectivity index is 0.000000183. The van der Waals surface area contributed by atoms with E-state index in [1.807, 2.05) is 70.2 Å². The monoisotopic (exact) mass is 1110 g/mol. The van der Waals surface area contributed by atoms with Gasteiger partial charge in [-0.15, -0.1) is 0 Å². The molecule has 414 valence electrons. The van der Waals surface area contributed by atoms with E-state index in [9.17, 15) is 28.0 Å². The number of carbonyl (C=O) groups is 2. The van der Waals surface area contributed by atoms with Crippen LogP contribution in [0.4, 0.5) is 20.4 Å². The first kappa shape index (κ1) is 58.9. The van der Waals surface area contributed by atoms with Gasteiger partial charge >= 0.3 is 7.12 Å². The summed E-state index contributed by atoms with van der Waals surface area (Å²) in [6.45, 7) is 12.0. The zero-order valence-electron chi connectivity index (χ0n) is 45.8. The van der Waals surface area contributed by atoms with Crippen LogP contribution in [0, 0.1) is 25.5 Å². The molecule has 4 aromatic heterocycles. The van der Waals surface area contributed by atoms with E-state index in [4.69, 9.17) is 41.9 Å². The first-order chi connectivity index (χ1) is 37.9. The quantitative estimate of drug-likeness (QED) is 0.0850. The summed E-state index contributed by atoms with van der Waals surface area (Å²) in [5.41, 5.74) is 17.3. The Hall–Kier alpha value is -8.79. The van der Waals surface area contributed by atoms with Crippen molar-refractivity contribution in [1.29, 1.82) is 0 Å². The van der Waals surface area contributed by atoms with Crippen LogP contribution in [-0.2, 0) is 36.5 Å². The number of para-hydroxylation sites is 2. The molecule has 22 heteroatoms. The van der Waals surface area contributed by atoms with Crippen LogP contribution in [0.1, 0.15) is 70.9 Å². The third-order valence-electron chi connectivity index (χ3n) is 13.3. The second-order valence-electron chi connectivity index (χ2n) is 19.5. The number of aromatic nitrogens is 6. The third-order valence-corrected chi connectivity index (χ3v) is 13.5. The molecule has 80 heavy (non-hydrogen) atoms. The molecule has 4 aromatic carbocycles. The molecule has 0 aliphatic carbocycles. The molecular weight excluding hydrogens is 1050 g/mol. The molecule has 8 aromatic rings. The molecule has 1 aliphatic rings. The zero-order valence-corrected chi connectivity index (χ0v) is 46.5. The maximum atomic E-state index is 13.5. The van der Waals surface area contributed by atoms with Gasteiger partial charge in [-0.25, -0.2) is 28.7 Å². The topological polar surface area (TPSA) is 243 Å². The third kappa shape index (κ3) is 13.5. The Kier molecular flexibility index (Phi) is 18.3. The van der Waals surface area contributed by atoms with E-state index in [2.05, 4.69) is 30.6 Å². The molecule has 0 unspecified atom stereocenters. The Morgan fingerprint density at radius 3 is 1.49 bits per heavy atom. The van der Waals surface area contributed by atoms with Crippen molar-refractivity contribution in [1.82, 2.24) is 39.7 Å². The first-order valence-electron chi connectivity index (χ1n) is 24.9. The number of hydrogen-bond acceptors (Lipinski definition) is 14. The Labute approximate surface area is 466 Å². The van der Waals surface area contributed by atoms with Crippen molar-refractivity contribution >= 4 is 47.6 Å². The van der Waals surface area contributed by atoms with Crippen LogP contribution in [0.2, 0.25) is 5.15 Å². The number of ether oxygens (including phenoxy) is 2. The molecule has 0 radical (unpaired) electrons. The smallest absolute Gasteiger partial charge is 0.496 e. The number of methoxy groups -OCH3 is 2. The van der Waals surface area contributed by atoms with Gasteiger partial charge in [-0.3, -0.25) is 19.2 Å². The van der Waals surface area contributed by atoms with Crippen LogP contribution < -0.4 is 48.2 Å². The Bertz CT molecular complexity index is 3640. The van der Waals surface area contributed by atoms with Crippen LogP contribution in [0.25, 0.3) is 33.8 Å². The first-order valence-corrected chi connectivity index (χ1v) is 25.3. The lowest BCUT2D eigenvalue weighted by molar-refractivity contribution is 0.00578. The number of benzene rings is 4. The van der Waals surface area contributed by atoms with Crippen LogP contribution in [-0.4, -0.2) is 73.4 Å². The number of nitrogens with one attached hydrogen (secondary N) is 2. The maximum absolute atomic E-state index is 13.5. The van der Waals surface area contributed by atoms with E-state index in [1.54, 1.807) is 89.5 Å². The van der Waals surface area contributed by atoms with E-state index >= 15 is 0 Å². The van der Waals surface area contributed by atoms with Crippen LogP contribution in [0.3, 0.4) is 0 Å². The summed E-state index contributed by atoms with van der Waals surface area (Å²) < 4.78 is 52.1. The van der Waals surface area contributed by atoms with Crippen molar-refractivity contribution in [2.24, 2.45) is 14.1 Å². The Morgan fingerprint density at radius 1 is 0.613 bits per heavy atom. The lowest BCUT2D eigenvalue weighted by Crippen LogP contribution is -2.41. The molecule has 1 fully saturated rings. The van der Waals surface area contributed by atoms with Gasteiger partial charge < -0.3 is 50.0 Å². The van der Waals surface area contributed by atoms with Gasteiger partial charge in [0.1, 0.15) is 28.8 Å². The van der Waals surface area contributed by atoms with Gasteiger partial charge in [-0.05, 0) is 114 Å². The molecule has 2 amide bonds. The molecule has 0 spiro atoms. The number of nitrogen functional groups attached to an aromatic ring is 2. The summed E-state index contributed by atoms with van der Waals surface area (Å²) in [7, 11) is 6.06. The van der Waals surface area contributed by atoms with Crippen LogP contribution >= 0.6 is 11.6 Å². The lowest BCUT2D eigenvalue weighted by Gasteiger charge is -2.32. The molecule has 1 saturated heterocycles. The van der Waals surface area contributed by atoms with Crippen molar-refractivity contribution in [2.75, 3.05) is 25.7 Å². The van der Waals surface area contributed by atoms with Gasteiger partial charge in [-0.1, -0.05) is 54.1 Å². The predicted octanol–water partition coefficient (Wildman–Crippen LogP) is 7.93. The second kappa shape index (κ2) is 24.9. The fourth-order valence-electron chi connectivity index (χ4n) is 8.25. The molecular formula is C58H60BClF2N10O8. The summed E-state index contributed by atoms with van der Waals surface area (Å²) in [5, 5.41) is 5.52. The fourth-order valence-corrected chi connectivity index (χ4v) is 8.49. The maximum Gasteiger partial charge on any atom is 0.496 e. The number of aryl methyl sites for hydroxylation is 4. The summed E-state index contributed by atoms with van der Waals surface area (Å²) >= 11 is 6.16. The van der Waals surface area contributed by atoms with E-state index < -0.39 is 24.7 Å². The number of anilines is 2. The van der Waals surface area contributed by atoms with E-state index in [0.717, 1.165) is 16.6 Å². The molecule has 5 heterocycles. The zero-order chi connectivity index (χ0) is 58.2. The molecule has 0 saturated carbocycles. The minimum atomic E-state index is -0.519. The van der Waals surface area contributed by atoms with Gasteiger partial charge in [-0.2, -0.15) is 0 Å². The summed E-state index contributed by atoms with van der Waals surface area (Å²) in [6, 6.07) is 29.4. The van der Waals surface area contributed by atoms with Crippen molar-refractivity contribution < 1.29 is 37.2 Å². The van der Waals surface area contributed by atoms with Gasteiger partial charge in [0.25, 0.3) is 22.9 Å². The van der Waals surface area contributed by atoms with E-state index in [0.29, 0.717) is 50.7 Å². The summed E-state index contributed by atoms with van der Waals surface area (Å²) in [5.74, 6) is -0.678.